The van der Waals surface area contributed by atoms with Gasteiger partial charge in [-0.3, -0.25) is 10.1 Å². The molecule has 0 N–H and O–H groups in total. The van der Waals surface area contributed by atoms with E-state index in [1.54, 1.807) is 0 Å². The van der Waals surface area contributed by atoms with Crippen LogP contribution in [0.4, 0.5) is 5.69 Å². The van der Waals surface area contributed by atoms with Crippen LogP contribution in [0.2, 0.25) is 0 Å². The Hall–Kier alpha value is -1.67. The largest absolute Gasteiger partial charge is 0.404 e. The van der Waals surface area contributed by atoms with Gasteiger partial charge in [0.2, 0.25) is 0 Å². The maximum absolute atomic E-state index is 11.1. The third kappa shape index (κ3) is 3.48. The summed E-state index contributed by atoms with van der Waals surface area (Å²) in [6.07, 6.45) is 0. The molecule has 0 heterocycles. The van der Waals surface area contributed by atoms with Crippen molar-refractivity contribution in [2.75, 3.05) is 0 Å². The number of carbonyl (C=O) groups excluding carboxylic acids is 1. The summed E-state index contributed by atoms with van der Waals surface area (Å²) in [6.45, 7) is 0. The highest BCUT2D eigenvalue weighted by molar-refractivity contribution is 8.10. The summed E-state index contributed by atoms with van der Waals surface area (Å²) in [4.78, 5) is 20.7. The van der Waals surface area contributed by atoms with Gasteiger partial charge in [-0.05, 0) is 12.1 Å². The maximum atomic E-state index is 11.1. The van der Waals surface area contributed by atoms with Gasteiger partial charge >= 0.3 is 15.3 Å². The Morgan fingerprint density at radius 1 is 1.31 bits per heavy atom. The van der Waals surface area contributed by atoms with Crippen LogP contribution < -0.4 is 0 Å². The molecule has 1 rings (SSSR count). The number of non-ortho nitro benzene ring substituents is 1. The molecule has 0 aromatic heterocycles. The summed E-state index contributed by atoms with van der Waals surface area (Å²) in [6, 6.07) is 4.19. The second-order valence-corrected chi connectivity index (χ2v) is 4.65. The van der Waals surface area contributed by atoms with Crippen molar-refractivity contribution in [3.05, 3.63) is 39.9 Å². The van der Waals surface area contributed by atoms with Crippen LogP contribution in [-0.2, 0) is 13.5 Å². The molecule has 0 saturated heterocycles. The van der Waals surface area contributed by atoms with E-state index < -0.39 is 20.2 Å². The fraction of sp³-hybridized carbons (Fsp3) is 0. The first-order valence-electron chi connectivity index (χ1n) is 3.72. The molecule has 0 unspecified atom stereocenters. The lowest BCUT2D eigenvalue weighted by atomic mass is 10.2. The summed E-state index contributed by atoms with van der Waals surface area (Å²) < 4.78 is 24.7. The molecule has 0 atom stereocenters. The van der Waals surface area contributed by atoms with Crippen LogP contribution in [0.1, 0.15) is 10.4 Å². The van der Waals surface area contributed by atoms with E-state index in [2.05, 4.69) is 14.9 Å². The molecule has 0 radical (unpaired) electrons. The van der Waals surface area contributed by atoms with E-state index >= 15 is 0 Å². The van der Waals surface area contributed by atoms with Gasteiger partial charge in [0, 0.05) is 12.1 Å². The van der Waals surface area contributed by atoms with Gasteiger partial charge < -0.3 is 4.18 Å². The molecule has 0 amide bonds. The summed E-state index contributed by atoms with van der Waals surface area (Å²) in [5.74, 6) is -1.20. The quantitative estimate of drug-likeness (QED) is 0.462. The van der Waals surface area contributed by atoms with Gasteiger partial charge in [0.1, 0.15) is 0 Å². The van der Waals surface area contributed by atoms with Crippen molar-refractivity contribution >= 4 is 31.7 Å². The van der Waals surface area contributed by atoms with E-state index in [1.165, 1.54) is 0 Å². The number of nitro benzene ring substituents is 1. The van der Waals surface area contributed by atoms with Crippen molar-refractivity contribution in [3.8, 4) is 0 Å². The average Bonchev–Trinajstić information content (AvgIpc) is 2.15. The predicted octanol–water partition coefficient (Wildman–Crippen LogP) is 1.24. The zero-order chi connectivity index (χ0) is 12.3. The molecule has 86 valence electrons. The van der Waals surface area contributed by atoms with Crippen molar-refractivity contribution in [1.82, 2.24) is 0 Å². The van der Waals surface area contributed by atoms with E-state index in [4.69, 9.17) is 0 Å². The number of rotatable bonds is 3. The molecular weight excluding hydrogens is 262 g/mol. The lowest BCUT2D eigenvalue weighted by Gasteiger charge is -1.99. The fourth-order valence-corrected chi connectivity index (χ4v) is 1.31. The van der Waals surface area contributed by atoms with Crippen LogP contribution in [-0.4, -0.2) is 19.3 Å². The molecule has 0 aliphatic rings. The molecule has 9 heteroatoms. The molecule has 0 aliphatic heterocycles. The lowest BCUT2D eigenvalue weighted by Crippen LogP contribution is -2.08. The zero-order valence-corrected chi connectivity index (χ0v) is 9.06. The topological polar surface area (TPSA) is 104 Å². The van der Waals surface area contributed by atoms with Gasteiger partial charge in [-0.25, -0.2) is 4.79 Å². The van der Waals surface area contributed by atoms with Crippen LogP contribution >= 0.6 is 10.7 Å². The monoisotopic (exact) mass is 265 g/mol. The van der Waals surface area contributed by atoms with Gasteiger partial charge in [-0.1, -0.05) is 0 Å². The van der Waals surface area contributed by atoms with Gasteiger partial charge in [-0.15, -0.1) is 0 Å². The van der Waals surface area contributed by atoms with Crippen LogP contribution in [0.5, 0.6) is 0 Å². The highest BCUT2D eigenvalue weighted by Crippen LogP contribution is 2.14. The summed E-state index contributed by atoms with van der Waals surface area (Å²) in [5, 5.41) is 10.3. The first-order chi connectivity index (χ1) is 7.29. The second-order valence-electron chi connectivity index (χ2n) is 2.57. The summed E-state index contributed by atoms with van der Waals surface area (Å²) in [7, 11) is 0.271. The third-order valence-electron chi connectivity index (χ3n) is 1.49. The zero-order valence-electron chi connectivity index (χ0n) is 7.49. The molecule has 0 bridgehead atoms. The normalized spacial score (nSPS) is 10.8. The van der Waals surface area contributed by atoms with Crippen molar-refractivity contribution < 1.29 is 22.3 Å². The number of benzene rings is 1. The Morgan fingerprint density at radius 3 is 2.19 bits per heavy atom. The van der Waals surface area contributed by atoms with E-state index in [1.807, 2.05) is 0 Å². The molecule has 1 aromatic carbocycles. The smallest absolute Gasteiger partial charge is 0.330 e. The van der Waals surface area contributed by atoms with E-state index in [0.29, 0.717) is 0 Å². The van der Waals surface area contributed by atoms with Crippen molar-refractivity contribution in [2.45, 2.75) is 0 Å². The van der Waals surface area contributed by atoms with Crippen molar-refractivity contribution in [3.63, 3.8) is 0 Å². The SMILES string of the molecule is O=C(OS(=O)(=O)Cl)c1ccc([N+](=O)[O-])cc1. The highest BCUT2D eigenvalue weighted by atomic mass is 35.7. The van der Waals surface area contributed by atoms with Crippen molar-refractivity contribution in [1.29, 1.82) is 0 Å². The summed E-state index contributed by atoms with van der Waals surface area (Å²) in [5.41, 5.74) is -0.389. The van der Waals surface area contributed by atoms with Crippen LogP contribution in [0, 0.1) is 10.1 Å². The maximum Gasteiger partial charge on any atom is 0.404 e. The minimum Gasteiger partial charge on any atom is -0.330 e. The Labute approximate surface area is 94.4 Å². The Balaban J connectivity index is 2.90. The lowest BCUT2D eigenvalue weighted by molar-refractivity contribution is -0.384. The number of halogens is 1. The summed E-state index contributed by atoms with van der Waals surface area (Å²) >= 11 is 0. The van der Waals surface area contributed by atoms with Gasteiger partial charge in [0.25, 0.3) is 5.69 Å². The van der Waals surface area contributed by atoms with Gasteiger partial charge in [-0.2, -0.15) is 8.42 Å². The molecular formula is C7H4ClNO6S. The first-order valence-corrected chi connectivity index (χ1v) is 5.96. The third-order valence-corrected chi connectivity index (χ3v) is 2.03. The molecule has 0 fully saturated rings. The van der Waals surface area contributed by atoms with Gasteiger partial charge in [0.15, 0.2) is 0 Å². The van der Waals surface area contributed by atoms with Gasteiger partial charge in [0.05, 0.1) is 21.2 Å². The minimum absolute atomic E-state index is 0.158. The number of hydrogen-bond donors (Lipinski definition) is 0. The van der Waals surface area contributed by atoms with Crippen LogP contribution in [0.3, 0.4) is 0 Å². The standard InChI is InChI=1S/C7H4ClNO6S/c8-16(13,14)15-7(10)5-1-3-6(4-2-5)9(11)12/h1-4H. The molecule has 16 heavy (non-hydrogen) atoms. The highest BCUT2D eigenvalue weighted by Gasteiger charge is 2.16. The Morgan fingerprint density at radius 2 is 1.81 bits per heavy atom. The van der Waals surface area contributed by atoms with Crippen LogP contribution in [0.25, 0.3) is 0 Å². The molecule has 7 nitrogen and oxygen atoms in total. The number of nitro groups is 1. The second kappa shape index (κ2) is 4.45. The molecule has 0 aliphatic carbocycles. The minimum atomic E-state index is -4.41. The van der Waals surface area contributed by atoms with E-state index in [-0.39, 0.29) is 11.3 Å². The first kappa shape index (κ1) is 12.4. The predicted molar refractivity (Wildman–Crippen MR) is 53.3 cm³/mol. The van der Waals surface area contributed by atoms with E-state index in [0.717, 1.165) is 24.3 Å². The van der Waals surface area contributed by atoms with Crippen LogP contribution in [0.15, 0.2) is 24.3 Å². The Kier molecular flexibility index (Phi) is 3.45. The number of nitrogens with zero attached hydrogens (tertiary/aromatic N) is 1. The molecule has 1 aromatic rings. The van der Waals surface area contributed by atoms with Crippen molar-refractivity contribution in [2.24, 2.45) is 0 Å². The number of carbonyl (C=O) groups is 1. The fourth-order valence-electron chi connectivity index (χ4n) is 0.858. The molecule has 0 saturated carbocycles. The molecule has 0 spiro atoms. The average molecular weight is 266 g/mol. The number of hydrogen-bond acceptors (Lipinski definition) is 6. The van der Waals surface area contributed by atoms with E-state index in [9.17, 15) is 23.3 Å². The Bertz CT molecular complexity index is 522.